The summed E-state index contributed by atoms with van der Waals surface area (Å²) in [5.74, 6) is -0.952. The highest BCUT2D eigenvalue weighted by Gasteiger charge is 2.17. The Labute approximate surface area is 198 Å². The van der Waals surface area contributed by atoms with Crippen LogP contribution in [0.3, 0.4) is 0 Å². The minimum atomic E-state index is -3.94. The smallest absolute Gasteiger partial charge is 0.261 e. The van der Waals surface area contributed by atoms with Crippen molar-refractivity contribution in [2.75, 3.05) is 16.6 Å². The standard InChI is InChI=1S/C24H24ClN3O4S/c1-15-10-16(2)23(17(3)11-15)27-22(29)14-26-24(30)18-6-4-9-21(12-18)33(31,32)28-20-8-5-7-19(25)13-20/h4-13,28H,14H2,1-3H3,(H,26,30)(H,27,29). The summed E-state index contributed by atoms with van der Waals surface area (Å²) in [6.07, 6.45) is 0. The van der Waals surface area contributed by atoms with Crippen LogP contribution in [0, 0.1) is 20.8 Å². The zero-order chi connectivity index (χ0) is 24.2. The van der Waals surface area contributed by atoms with E-state index in [0.717, 1.165) is 16.7 Å². The molecule has 3 N–H and O–H groups in total. The Morgan fingerprint density at radius 1 is 0.909 bits per heavy atom. The van der Waals surface area contributed by atoms with Crippen LogP contribution >= 0.6 is 11.6 Å². The van der Waals surface area contributed by atoms with Crippen LogP contribution in [-0.2, 0) is 14.8 Å². The molecule has 7 nitrogen and oxygen atoms in total. The fourth-order valence-electron chi connectivity index (χ4n) is 3.39. The number of carbonyl (C=O) groups is 2. The summed E-state index contributed by atoms with van der Waals surface area (Å²) >= 11 is 5.90. The van der Waals surface area contributed by atoms with Crippen molar-refractivity contribution in [3.8, 4) is 0 Å². The van der Waals surface area contributed by atoms with Crippen LogP contribution in [0.2, 0.25) is 5.02 Å². The maximum atomic E-state index is 12.7. The molecule has 0 spiro atoms. The Balaban J connectivity index is 1.66. The molecule has 0 atom stereocenters. The molecule has 0 bridgehead atoms. The van der Waals surface area contributed by atoms with Gasteiger partial charge in [0.05, 0.1) is 17.1 Å². The summed E-state index contributed by atoms with van der Waals surface area (Å²) in [7, 11) is -3.94. The highest BCUT2D eigenvalue weighted by Crippen LogP contribution is 2.22. The minimum absolute atomic E-state index is 0.0921. The fraction of sp³-hybridized carbons (Fsp3) is 0.167. The Bertz CT molecular complexity index is 1300. The molecule has 3 rings (SSSR count). The molecular formula is C24H24ClN3O4S. The van der Waals surface area contributed by atoms with Gasteiger partial charge >= 0.3 is 0 Å². The Kier molecular flexibility index (Phi) is 7.40. The zero-order valence-electron chi connectivity index (χ0n) is 18.4. The number of sulfonamides is 1. The molecule has 0 fully saturated rings. The average Bonchev–Trinajstić information content (AvgIpc) is 2.74. The third kappa shape index (κ3) is 6.34. The normalized spacial score (nSPS) is 11.0. The first-order chi connectivity index (χ1) is 15.5. The summed E-state index contributed by atoms with van der Waals surface area (Å²) in [4.78, 5) is 24.8. The van der Waals surface area contributed by atoms with E-state index in [-0.39, 0.29) is 22.9 Å². The maximum Gasteiger partial charge on any atom is 0.261 e. The lowest BCUT2D eigenvalue weighted by Gasteiger charge is -2.13. The zero-order valence-corrected chi connectivity index (χ0v) is 20.0. The number of benzene rings is 3. The molecule has 33 heavy (non-hydrogen) atoms. The summed E-state index contributed by atoms with van der Waals surface area (Å²) in [5.41, 5.74) is 4.07. The number of halogens is 1. The van der Waals surface area contributed by atoms with Gasteiger partial charge in [-0.25, -0.2) is 8.42 Å². The van der Waals surface area contributed by atoms with E-state index in [0.29, 0.717) is 16.4 Å². The van der Waals surface area contributed by atoms with E-state index in [1.165, 1.54) is 30.3 Å². The molecular weight excluding hydrogens is 462 g/mol. The molecule has 9 heteroatoms. The van der Waals surface area contributed by atoms with Crippen LogP contribution in [0.25, 0.3) is 0 Å². The van der Waals surface area contributed by atoms with Crippen LogP contribution in [-0.4, -0.2) is 26.8 Å². The summed E-state index contributed by atoms with van der Waals surface area (Å²) in [6, 6.07) is 15.8. The van der Waals surface area contributed by atoms with Gasteiger partial charge in [0.1, 0.15) is 0 Å². The van der Waals surface area contributed by atoms with Crippen molar-refractivity contribution in [1.82, 2.24) is 5.32 Å². The Morgan fingerprint density at radius 2 is 1.58 bits per heavy atom. The summed E-state index contributed by atoms with van der Waals surface area (Å²) in [6.45, 7) is 5.52. The van der Waals surface area contributed by atoms with Gasteiger partial charge in [-0.2, -0.15) is 0 Å². The highest BCUT2D eigenvalue weighted by atomic mass is 35.5. The lowest BCUT2D eigenvalue weighted by molar-refractivity contribution is -0.115. The third-order valence-electron chi connectivity index (χ3n) is 4.83. The van der Waals surface area contributed by atoms with Crippen molar-refractivity contribution in [1.29, 1.82) is 0 Å². The fourth-order valence-corrected chi connectivity index (χ4v) is 4.68. The molecule has 3 aromatic carbocycles. The van der Waals surface area contributed by atoms with Crippen LogP contribution in [0.5, 0.6) is 0 Å². The third-order valence-corrected chi connectivity index (χ3v) is 6.45. The SMILES string of the molecule is Cc1cc(C)c(NC(=O)CNC(=O)c2cccc(S(=O)(=O)Nc3cccc(Cl)c3)c2)c(C)c1. The van der Waals surface area contributed by atoms with Gasteiger partial charge in [-0.15, -0.1) is 0 Å². The first kappa shape index (κ1) is 24.3. The second-order valence-electron chi connectivity index (χ2n) is 7.65. The molecule has 0 aliphatic rings. The van der Waals surface area contributed by atoms with Crippen molar-refractivity contribution in [3.05, 3.63) is 87.9 Å². The van der Waals surface area contributed by atoms with Crippen LogP contribution in [0.1, 0.15) is 27.0 Å². The quantitative estimate of drug-likeness (QED) is 0.460. The summed E-state index contributed by atoms with van der Waals surface area (Å²) in [5, 5.41) is 5.72. The number of aryl methyl sites for hydroxylation is 3. The largest absolute Gasteiger partial charge is 0.343 e. The van der Waals surface area contributed by atoms with Gasteiger partial charge in [-0.05, 0) is 68.3 Å². The van der Waals surface area contributed by atoms with Crippen LogP contribution in [0.4, 0.5) is 11.4 Å². The van der Waals surface area contributed by atoms with E-state index in [4.69, 9.17) is 11.6 Å². The predicted molar refractivity (Wildman–Crippen MR) is 130 cm³/mol. The van der Waals surface area contributed by atoms with Crippen molar-refractivity contribution < 1.29 is 18.0 Å². The number of amides is 2. The molecule has 0 aromatic heterocycles. The number of nitrogens with one attached hydrogen (secondary N) is 3. The molecule has 3 aromatic rings. The first-order valence-corrected chi connectivity index (χ1v) is 12.0. The molecule has 2 amide bonds. The molecule has 0 unspecified atom stereocenters. The van der Waals surface area contributed by atoms with E-state index in [9.17, 15) is 18.0 Å². The number of hydrogen-bond acceptors (Lipinski definition) is 4. The van der Waals surface area contributed by atoms with Gasteiger partial charge in [0.2, 0.25) is 5.91 Å². The molecule has 0 saturated carbocycles. The lowest BCUT2D eigenvalue weighted by Crippen LogP contribution is -2.33. The summed E-state index contributed by atoms with van der Waals surface area (Å²) < 4.78 is 27.8. The van der Waals surface area contributed by atoms with Crippen molar-refractivity contribution in [2.45, 2.75) is 25.7 Å². The van der Waals surface area contributed by atoms with Crippen molar-refractivity contribution >= 4 is 44.8 Å². The van der Waals surface area contributed by atoms with E-state index in [1.54, 1.807) is 18.2 Å². The van der Waals surface area contributed by atoms with E-state index >= 15 is 0 Å². The number of anilines is 2. The van der Waals surface area contributed by atoms with Gasteiger partial charge < -0.3 is 10.6 Å². The Hall–Kier alpha value is -3.36. The molecule has 0 aliphatic heterocycles. The van der Waals surface area contributed by atoms with Crippen LogP contribution in [0.15, 0.2) is 65.6 Å². The van der Waals surface area contributed by atoms with E-state index in [2.05, 4.69) is 15.4 Å². The van der Waals surface area contributed by atoms with Crippen molar-refractivity contribution in [3.63, 3.8) is 0 Å². The van der Waals surface area contributed by atoms with Crippen LogP contribution < -0.4 is 15.4 Å². The molecule has 0 aliphatic carbocycles. The van der Waals surface area contributed by atoms with Gasteiger partial charge in [0, 0.05) is 16.3 Å². The van der Waals surface area contributed by atoms with Gasteiger partial charge in [-0.3, -0.25) is 14.3 Å². The van der Waals surface area contributed by atoms with Gasteiger partial charge in [-0.1, -0.05) is 41.4 Å². The molecule has 0 saturated heterocycles. The van der Waals surface area contributed by atoms with Crippen molar-refractivity contribution in [2.24, 2.45) is 0 Å². The second-order valence-corrected chi connectivity index (χ2v) is 9.77. The second kappa shape index (κ2) is 10.1. The minimum Gasteiger partial charge on any atom is -0.343 e. The monoisotopic (exact) mass is 485 g/mol. The van der Waals surface area contributed by atoms with Gasteiger partial charge in [0.15, 0.2) is 0 Å². The maximum absolute atomic E-state index is 12.7. The predicted octanol–water partition coefficient (Wildman–Crippen LogP) is 4.43. The highest BCUT2D eigenvalue weighted by molar-refractivity contribution is 7.92. The van der Waals surface area contributed by atoms with E-state index < -0.39 is 15.9 Å². The number of hydrogen-bond donors (Lipinski definition) is 3. The molecule has 0 radical (unpaired) electrons. The number of carbonyl (C=O) groups excluding carboxylic acids is 2. The lowest BCUT2D eigenvalue weighted by atomic mass is 10.1. The average molecular weight is 486 g/mol. The number of rotatable bonds is 7. The topological polar surface area (TPSA) is 104 Å². The molecule has 0 heterocycles. The van der Waals surface area contributed by atoms with E-state index in [1.807, 2.05) is 32.9 Å². The molecule has 172 valence electrons. The first-order valence-electron chi connectivity index (χ1n) is 10.1. The van der Waals surface area contributed by atoms with Gasteiger partial charge in [0.25, 0.3) is 15.9 Å². The Morgan fingerprint density at radius 3 is 2.24 bits per heavy atom.